The molecule has 0 saturated heterocycles. The van der Waals surface area contributed by atoms with Crippen molar-refractivity contribution in [3.8, 4) is 5.88 Å². The summed E-state index contributed by atoms with van der Waals surface area (Å²) in [6, 6.07) is 11.2. The largest absolute Gasteiger partial charge is 0.471 e. The molecule has 0 fully saturated rings. The first-order chi connectivity index (χ1) is 11.8. The second-order valence-corrected chi connectivity index (χ2v) is 5.72. The molecule has 1 amide bonds. The van der Waals surface area contributed by atoms with Crippen molar-refractivity contribution in [3.63, 3.8) is 0 Å². The Bertz CT molecular complexity index is 813. The van der Waals surface area contributed by atoms with E-state index in [0.717, 1.165) is 5.69 Å². The summed E-state index contributed by atoms with van der Waals surface area (Å²) in [7, 11) is 0. The van der Waals surface area contributed by atoms with Gasteiger partial charge in [0.15, 0.2) is 0 Å². The third-order valence-corrected chi connectivity index (χ3v) is 4.04. The molecule has 3 aromatic rings. The molecule has 24 heavy (non-hydrogen) atoms. The minimum Gasteiger partial charge on any atom is -0.471 e. The summed E-state index contributed by atoms with van der Waals surface area (Å²) in [6.45, 7) is 1.69. The van der Waals surface area contributed by atoms with Gasteiger partial charge in [-0.2, -0.15) is 5.10 Å². The molecular formula is C17H17N5O2. The molecule has 3 aromatic heterocycles. The van der Waals surface area contributed by atoms with Gasteiger partial charge in [0.1, 0.15) is 11.8 Å². The van der Waals surface area contributed by atoms with Crippen molar-refractivity contribution in [2.45, 2.75) is 19.2 Å². The zero-order valence-electron chi connectivity index (χ0n) is 13.0. The summed E-state index contributed by atoms with van der Waals surface area (Å²) in [5.41, 5.74) is 1.56. The quantitative estimate of drug-likeness (QED) is 0.796. The number of amides is 1. The minimum absolute atomic E-state index is 0.0863. The number of carbonyl (C=O) groups excluding carboxylic acids is 1. The first-order valence-electron chi connectivity index (χ1n) is 7.80. The Kier molecular flexibility index (Phi) is 3.74. The van der Waals surface area contributed by atoms with Crippen LogP contribution in [0.15, 0.2) is 55.0 Å². The Hall–Kier alpha value is -3.09. The molecule has 0 spiro atoms. The fourth-order valence-corrected chi connectivity index (χ4v) is 2.92. The number of pyridine rings is 1. The van der Waals surface area contributed by atoms with Crippen LogP contribution in [0.2, 0.25) is 0 Å². The number of ether oxygens (including phenoxy) is 1. The molecule has 0 bridgehead atoms. The van der Waals surface area contributed by atoms with Crippen LogP contribution in [-0.2, 0) is 13.1 Å². The molecule has 0 aromatic carbocycles. The Morgan fingerprint density at radius 3 is 2.92 bits per heavy atom. The third kappa shape index (κ3) is 2.88. The molecule has 4 heterocycles. The van der Waals surface area contributed by atoms with Crippen molar-refractivity contribution in [3.05, 3.63) is 66.4 Å². The SMILES string of the molecule is O=C(c1ccn[nH]1)N1Cc2cccn2C[C@@H](Oc2ccccn2)C1. The second kappa shape index (κ2) is 6.19. The normalized spacial score (nSPS) is 17.2. The zero-order valence-corrected chi connectivity index (χ0v) is 13.0. The van der Waals surface area contributed by atoms with Crippen molar-refractivity contribution in [2.75, 3.05) is 6.54 Å². The smallest absolute Gasteiger partial charge is 0.272 e. The lowest BCUT2D eigenvalue weighted by Crippen LogP contribution is -2.38. The van der Waals surface area contributed by atoms with Gasteiger partial charge in [0.2, 0.25) is 5.88 Å². The summed E-state index contributed by atoms with van der Waals surface area (Å²) >= 11 is 0. The summed E-state index contributed by atoms with van der Waals surface area (Å²) < 4.78 is 8.13. The molecule has 0 unspecified atom stereocenters. The standard InChI is InChI=1S/C17H17N5O2/c23-17(15-6-8-19-20-15)22-10-13-4-3-9-21(13)11-14(12-22)24-16-5-1-2-7-18-16/h1-9,14H,10-12H2,(H,19,20)/t14-/m1/s1. The van der Waals surface area contributed by atoms with E-state index in [-0.39, 0.29) is 12.0 Å². The van der Waals surface area contributed by atoms with Gasteiger partial charge in [0.05, 0.1) is 19.6 Å². The Balaban J connectivity index is 1.60. The van der Waals surface area contributed by atoms with Crippen LogP contribution in [0.25, 0.3) is 0 Å². The number of fused-ring (bicyclic) bond motifs is 1. The molecule has 0 saturated carbocycles. The van der Waals surface area contributed by atoms with Crippen LogP contribution < -0.4 is 4.74 Å². The van der Waals surface area contributed by atoms with E-state index >= 15 is 0 Å². The van der Waals surface area contributed by atoms with Crippen molar-refractivity contribution in [2.24, 2.45) is 0 Å². The maximum atomic E-state index is 12.7. The average Bonchev–Trinajstić information content (AvgIpc) is 3.24. The average molecular weight is 323 g/mol. The highest BCUT2D eigenvalue weighted by atomic mass is 16.5. The number of nitrogens with zero attached hydrogens (tertiary/aromatic N) is 4. The predicted octanol–water partition coefficient (Wildman–Crippen LogP) is 1.71. The topological polar surface area (TPSA) is 76.0 Å². The number of nitrogens with one attached hydrogen (secondary N) is 1. The van der Waals surface area contributed by atoms with Gasteiger partial charge in [-0.05, 0) is 24.3 Å². The molecule has 1 aliphatic rings. The maximum Gasteiger partial charge on any atom is 0.272 e. The number of H-pyrrole nitrogens is 1. The van der Waals surface area contributed by atoms with Crippen LogP contribution in [-0.4, -0.2) is 43.2 Å². The van der Waals surface area contributed by atoms with Gasteiger partial charge in [-0.25, -0.2) is 4.98 Å². The van der Waals surface area contributed by atoms with Gasteiger partial charge in [-0.1, -0.05) is 6.07 Å². The lowest BCUT2D eigenvalue weighted by atomic mass is 10.3. The minimum atomic E-state index is -0.180. The number of aromatic amines is 1. The predicted molar refractivity (Wildman–Crippen MR) is 86.4 cm³/mol. The third-order valence-electron chi connectivity index (χ3n) is 4.04. The molecule has 1 N–H and O–H groups in total. The molecule has 0 radical (unpaired) electrons. The number of hydrogen-bond donors (Lipinski definition) is 1. The summed E-state index contributed by atoms with van der Waals surface area (Å²) in [5, 5.41) is 6.60. The molecule has 7 nitrogen and oxygen atoms in total. The number of hydrogen-bond acceptors (Lipinski definition) is 4. The Morgan fingerprint density at radius 1 is 1.17 bits per heavy atom. The van der Waals surface area contributed by atoms with Crippen LogP contribution in [0.5, 0.6) is 5.88 Å². The van der Waals surface area contributed by atoms with Crippen LogP contribution >= 0.6 is 0 Å². The molecule has 1 atom stereocenters. The molecular weight excluding hydrogens is 306 g/mol. The summed E-state index contributed by atoms with van der Waals surface area (Å²) in [5.74, 6) is 0.476. The zero-order chi connectivity index (χ0) is 16.4. The Labute approximate surface area is 138 Å². The van der Waals surface area contributed by atoms with E-state index in [4.69, 9.17) is 4.74 Å². The molecule has 1 aliphatic heterocycles. The first-order valence-corrected chi connectivity index (χ1v) is 7.80. The van der Waals surface area contributed by atoms with E-state index in [9.17, 15) is 4.79 Å². The van der Waals surface area contributed by atoms with Gasteiger partial charge < -0.3 is 14.2 Å². The maximum absolute atomic E-state index is 12.7. The molecule has 4 rings (SSSR count). The van der Waals surface area contributed by atoms with Crippen molar-refractivity contribution < 1.29 is 9.53 Å². The van der Waals surface area contributed by atoms with E-state index in [1.165, 1.54) is 0 Å². The fourth-order valence-electron chi connectivity index (χ4n) is 2.92. The number of rotatable bonds is 3. The van der Waals surface area contributed by atoms with Gasteiger partial charge in [-0.3, -0.25) is 9.89 Å². The van der Waals surface area contributed by atoms with Crippen LogP contribution in [0.1, 0.15) is 16.2 Å². The first kappa shape index (κ1) is 14.5. The summed E-state index contributed by atoms with van der Waals surface area (Å²) in [6.07, 6.45) is 5.10. The van der Waals surface area contributed by atoms with Crippen LogP contribution in [0, 0.1) is 0 Å². The van der Waals surface area contributed by atoms with Gasteiger partial charge in [0, 0.05) is 30.4 Å². The van der Waals surface area contributed by atoms with Crippen molar-refractivity contribution in [1.29, 1.82) is 0 Å². The molecule has 7 heteroatoms. The van der Waals surface area contributed by atoms with Crippen molar-refractivity contribution >= 4 is 5.91 Å². The highest BCUT2D eigenvalue weighted by Gasteiger charge is 2.27. The van der Waals surface area contributed by atoms with Crippen molar-refractivity contribution in [1.82, 2.24) is 24.6 Å². The number of aromatic nitrogens is 4. The fraction of sp³-hybridized carbons (Fsp3) is 0.235. The Morgan fingerprint density at radius 2 is 2.12 bits per heavy atom. The van der Waals surface area contributed by atoms with Gasteiger partial charge in [0.25, 0.3) is 5.91 Å². The van der Waals surface area contributed by atoms with E-state index in [0.29, 0.717) is 31.2 Å². The van der Waals surface area contributed by atoms with E-state index in [2.05, 4.69) is 19.7 Å². The lowest BCUT2D eigenvalue weighted by Gasteiger charge is -2.24. The molecule has 122 valence electrons. The highest BCUT2D eigenvalue weighted by molar-refractivity contribution is 5.92. The molecule has 0 aliphatic carbocycles. The second-order valence-electron chi connectivity index (χ2n) is 5.72. The lowest BCUT2D eigenvalue weighted by molar-refractivity contribution is 0.0640. The van der Waals surface area contributed by atoms with Gasteiger partial charge >= 0.3 is 0 Å². The van der Waals surface area contributed by atoms with Gasteiger partial charge in [-0.15, -0.1) is 0 Å². The van der Waals surface area contributed by atoms with E-state index in [1.54, 1.807) is 23.4 Å². The van der Waals surface area contributed by atoms with E-state index in [1.807, 2.05) is 36.5 Å². The van der Waals surface area contributed by atoms with E-state index < -0.39 is 0 Å². The number of carbonyl (C=O) groups is 1. The summed E-state index contributed by atoms with van der Waals surface area (Å²) in [4.78, 5) is 18.7. The monoisotopic (exact) mass is 323 g/mol. The van der Waals surface area contributed by atoms with Crippen LogP contribution in [0.3, 0.4) is 0 Å². The highest BCUT2D eigenvalue weighted by Crippen LogP contribution is 2.18. The van der Waals surface area contributed by atoms with Crippen LogP contribution in [0.4, 0.5) is 0 Å².